The van der Waals surface area contributed by atoms with Crippen LogP contribution in [-0.2, 0) is 16.0 Å². The zero-order valence-corrected chi connectivity index (χ0v) is 12.4. The highest BCUT2D eigenvalue weighted by Crippen LogP contribution is 2.20. The van der Waals surface area contributed by atoms with E-state index in [1.54, 1.807) is 13.8 Å². The Morgan fingerprint density at radius 1 is 1.38 bits per heavy atom. The molecular weight excluding hydrogens is 277 g/mol. The summed E-state index contributed by atoms with van der Waals surface area (Å²) in [5.74, 6) is -1.22. The molecule has 0 fully saturated rings. The molecular formula is C15H20FNO4. The molecule has 2 N–H and O–H groups in total. The van der Waals surface area contributed by atoms with E-state index in [0.717, 1.165) is 0 Å². The van der Waals surface area contributed by atoms with E-state index in [-0.39, 0.29) is 18.7 Å². The third-order valence-electron chi connectivity index (χ3n) is 3.04. The molecule has 6 heteroatoms. The largest absolute Gasteiger partial charge is 0.496 e. The van der Waals surface area contributed by atoms with E-state index < -0.39 is 17.3 Å². The Morgan fingerprint density at radius 2 is 2.05 bits per heavy atom. The van der Waals surface area contributed by atoms with Crippen molar-refractivity contribution in [2.24, 2.45) is 0 Å². The predicted octanol–water partition coefficient (Wildman–Crippen LogP) is 2.14. The molecule has 0 aromatic heterocycles. The van der Waals surface area contributed by atoms with Gasteiger partial charge in [-0.05, 0) is 38.5 Å². The number of amides is 1. The molecule has 21 heavy (non-hydrogen) atoms. The van der Waals surface area contributed by atoms with Crippen LogP contribution in [0, 0.1) is 5.82 Å². The normalized spacial score (nSPS) is 11.0. The lowest BCUT2D eigenvalue weighted by molar-refractivity contribution is -0.137. The van der Waals surface area contributed by atoms with Gasteiger partial charge in [0, 0.05) is 17.5 Å². The Morgan fingerprint density at radius 3 is 2.62 bits per heavy atom. The Hall–Kier alpha value is -2.11. The van der Waals surface area contributed by atoms with Crippen LogP contribution >= 0.6 is 0 Å². The number of ether oxygens (including phenoxy) is 1. The molecule has 1 rings (SSSR count). The van der Waals surface area contributed by atoms with Crippen LogP contribution < -0.4 is 10.1 Å². The van der Waals surface area contributed by atoms with Crippen LogP contribution in [0.5, 0.6) is 5.75 Å². The van der Waals surface area contributed by atoms with Gasteiger partial charge in [0.1, 0.15) is 11.6 Å². The molecule has 0 spiro atoms. The number of benzene rings is 1. The summed E-state index contributed by atoms with van der Waals surface area (Å²) in [7, 11) is 1.45. The maximum absolute atomic E-state index is 13.2. The summed E-state index contributed by atoms with van der Waals surface area (Å²) in [6, 6.07) is 3.98. The second-order valence-electron chi connectivity index (χ2n) is 5.46. The summed E-state index contributed by atoms with van der Waals surface area (Å²) >= 11 is 0. The summed E-state index contributed by atoms with van der Waals surface area (Å²) < 4.78 is 18.3. The number of aliphatic carboxylic acids is 1. The molecule has 0 heterocycles. The van der Waals surface area contributed by atoms with Crippen LogP contribution in [0.3, 0.4) is 0 Å². The number of rotatable bonds is 7. The fourth-order valence-electron chi connectivity index (χ4n) is 1.96. The first kappa shape index (κ1) is 16.9. The van der Waals surface area contributed by atoms with Crippen LogP contribution in [0.25, 0.3) is 0 Å². The number of carboxylic acid groups (broad SMARTS) is 1. The summed E-state index contributed by atoms with van der Waals surface area (Å²) in [4.78, 5) is 22.6. The molecule has 0 saturated carbocycles. The Balaban J connectivity index is 2.69. The van der Waals surface area contributed by atoms with Gasteiger partial charge in [0.15, 0.2) is 0 Å². The van der Waals surface area contributed by atoms with E-state index in [1.165, 1.54) is 25.3 Å². The molecule has 0 radical (unpaired) electrons. The minimum absolute atomic E-state index is 0.0303. The summed E-state index contributed by atoms with van der Waals surface area (Å²) in [5.41, 5.74) is -0.195. The van der Waals surface area contributed by atoms with E-state index in [4.69, 9.17) is 9.84 Å². The number of carbonyl (C=O) groups is 2. The summed E-state index contributed by atoms with van der Waals surface area (Å²) in [6.45, 7) is 3.49. The van der Waals surface area contributed by atoms with Crippen LogP contribution in [0.15, 0.2) is 18.2 Å². The highest BCUT2D eigenvalue weighted by Gasteiger charge is 2.22. The molecule has 0 aliphatic carbocycles. The van der Waals surface area contributed by atoms with E-state index >= 15 is 0 Å². The van der Waals surface area contributed by atoms with E-state index in [9.17, 15) is 14.0 Å². The first-order valence-electron chi connectivity index (χ1n) is 6.59. The van der Waals surface area contributed by atoms with Crippen molar-refractivity contribution in [3.63, 3.8) is 0 Å². The van der Waals surface area contributed by atoms with Crippen LogP contribution in [0.2, 0.25) is 0 Å². The van der Waals surface area contributed by atoms with Gasteiger partial charge in [-0.1, -0.05) is 0 Å². The van der Waals surface area contributed by atoms with E-state index in [2.05, 4.69) is 5.32 Å². The zero-order valence-electron chi connectivity index (χ0n) is 12.4. The standard InChI is InChI=1S/C15H20FNO4/c1-15(2,7-6-14(19)20)17-13(18)9-10-8-11(16)4-5-12(10)21-3/h4-5,8H,6-7,9H2,1-3H3,(H,17,18)(H,19,20). The van der Waals surface area contributed by atoms with Crippen molar-refractivity contribution in [1.82, 2.24) is 5.32 Å². The summed E-state index contributed by atoms with van der Waals surface area (Å²) in [5, 5.41) is 11.4. The Kier molecular flexibility index (Phi) is 5.69. The smallest absolute Gasteiger partial charge is 0.303 e. The highest BCUT2D eigenvalue weighted by molar-refractivity contribution is 5.80. The van der Waals surface area contributed by atoms with Crippen molar-refractivity contribution >= 4 is 11.9 Å². The van der Waals surface area contributed by atoms with Gasteiger partial charge in [0.2, 0.25) is 5.91 Å². The average Bonchev–Trinajstić information content (AvgIpc) is 2.36. The number of methoxy groups -OCH3 is 1. The van der Waals surface area contributed by atoms with Gasteiger partial charge in [0.05, 0.1) is 13.5 Å². The first-order chi connectivity index (χ1) is 9.73. The van der Waals surface area contributed by atoms with Gasteiger partial charge in [-0.3, -0.25) is 9.59 Å². The monoisotopic (exact) mass is 297 g/mol. The molecule has 0 bridgehead atoms. The van der Waals surface area contributed by atoms with Gasteiger partial charge < -0.3 is 15.2 Å². The highest BCUT2D eigenvalue weighted by atomic mass is 19.1. The third kappa shape index (κ3) is 5.81. The first-order valence-corrected chi connectivity index (χ1v) is 6.59. The number of carbonyl (C=O) groups excluding carboxylic acids is 1. The Labute approximate surface area is 123 Å². The fourth-order valence-corrected chi connectivity index (χ4v) is 1.96. The minimum Gasteiger partial charge on any atom is -0.496 e. The Bertz CT molecular complexity index is 528. The second-order valence-corrected chi connectivity index (χ2v) is 5.46. The molecule has 0 aliphatic heterocycles. The van der Waals surface area contributed by atoms with Gasteiger partial charge in [0.25, 0.3) is 0 Å². The zero-order chi connectivity index (χ0) is 16.0. The maximum Gasteiger partial charge on any atom is 0.303 e. The van der Waals surface area contributed by atoms with Crippen molar-refractivity contribution in [3.8, 4) is 5.75 Å². The third-order valence-corrected chi connectivity index (χ3v) is 3.04. The minimum atomic E-state index is -0.913. The lowest BCUT2D eigenvalue weighted by Gasteiger charge is -2.25. The molecule has 1 aromatic rings. The number of hydrogen-bond acceptors (Lipinski definition) is 3. The number of hydrogen-bond donors (Lipinski definition) is 2. The van der Waals surface area contributed by atoms with E-state index in [1.807, 2.05) is 0 Å². The second kappa shape index (κ2) is 7.06. The fraction of sp³-hybridized carbons (Fsp3) is 0.467. The summed E-state index contributed by atoms with van der Waals surface area (Å²) in [6.07, 6.45) is 0.252. The van der Waals surface area contributed by atoms with Crippen molar-refractivity contribution in [3.05, 3.63) is 29.6 Å². The molecule has 1 amide bonds. The lowest BCUT2D eigenvalue weighted by Crippen LogP contribution is -2.44. The van der Waals surface area contributed by atoms with Crippen molar-refractivity contribution in [2.75, 3.05) is 7.11 Å². The van der Waals surface area contributed by atoms with Crippen LogP contribution in [0.1, 0.15) is 32.3 Å². The maximum atomic E-state index is 13.2. The van der Waals surface area contributed by atoms with E-state index in [0.29, 0.717) is 17.7 Å². The molecule has 116 valence electrons. The molecule has 0 atom stereocenters. The number of nitrogens with one attached hydrogen (secondary N) is 1. The van der Waals surface area contributed by atoms with Gasteiger partial charge in [-0.15, -0.1) is 0 Å². The predicted molar refractivity (Wildman–Crippen MR) is 75.7 cm³/mol. The average molecular weight is 297 g/mol. The SMILES string of the molecule is COc1ccc(F)cc1CC(=O)NC(C)(C)CCC(=O)O. The quantitative estimate of drug-likeness (QED) is 0.808. The van der Waals surface area contributed by atoms with Crippen molar-refractivity contribution in [1.29, 1.82) is 0 Å². The molecule has 5 nitrogen and oxygen atoms in total. The molecule has 0 saturated heterocycles. The van der Waals surface area contributed by atoms with Gasteiger partial charge in [-0.2, -0.15) is 0 Å². The topological polar surface area (TPSA) is 75.6 Å². The van der Waals surface area contributed by atoms with Crippen molar-refractivity contribution < 1.29 is 23.8 Å². The molecule has 0 unspecified atom stereocenters. The molecule has 1 aromatic carbocycles. The number of carboxylic acids is 1. The van der Waals surface area contributed by atoms with Gasteiger partial charge in [-0.25, -0.2) is 4.39 Å². The van der Waals surface area contributed by atoms with Crippen molar-refractivity contribution in [2.45, 2.75) is 38.6 Å². The van der Waals surface area contributed by atoms with Gasteiger partial charge >= 0.3 is 5.97 Å². The number of halogens is 1. The van der Waals surface area contributed by atoms with Crippen LogP contribution in [0.4, 0.5) is 4.39 Å². The molecule has 0 aliphatic rings. The van der Waals surface area contributed by atoms with Crippen LogP contribution in [-0.4, -0.2) is 29.6 Å². The lowest BCUT2D eigenvalue weighted by atomic mass is 9.97.